The van der Waals surface area contributed by atoms with E-state index in [0.29, 0.717) is 31.2 Å². The van der Waals surface area contributed by atoms with E-state index >= 15 is 0 Å². The second-order valence-corrected chi connectivity index (χ2v) is 12.9. The van der Waals surface area contributed by atoms with E-state index in [4.69, 9.17) is 0 Å². The molecular formula is C35H58N4O3S. The van der Waals surface area contributed by atoms with E-state index in [1.54, 1.807) is 0 Å². The number of fused-ring (bicyclic) bond motifs is 1. The molecule has 2 rings (SSSR count). The van der Waals surface area contributed by atoms with Crippen molar-refractivity contribution in [1.29, 1.82) is 0 Å². The maximum Gasteiger partial charge on any atom is 0.315 e. The van der Waals surface area contributed by atoms with E-state index in [0.717, 1.165) is 76.4 Å². The van der Waals surface area contributed by atoms with Crippen LogP contribution in [0.3, 0.4) is 0 Å². The van der Waals surface area contributed by atoms with Crippen molar-refractivity contribution >= 4 is 29.6 Å². The lowest BCUT2D eigenvalue weighted by molar-refractivity contribution is -0.121. The smallest absolute Gasteiger partial charge is 0.315 e. The van der Waals surface area contributed by atoms with E-state index in [1.165, 1.54) is 25.7 Å². The number of unbranched alkanes of at least 4 members (excludes halogenated alkanes) is 7. The van der Waals surface area contributed by atoms with Crippen LogP contribution in [0.1, 0.15) is 116 Å². The Kier molecular flexibility index (Phi) is 21.3. The number of carbonyl (C=O) groups is 3. The summed E-state index contributed by atoms with van der Waals surface area (Å²) in [7, 11) is 0. The lowest BCUT2D eigenvalue weighted by Crippen LogP contribution is -2.36. The summed E-state index contributed by atoms with van der Waals surface area (Å²) in [5.74, 6) is 1.22. The molecule has 43 heavy (non-hydrogen) atoms. The molecule has 2 aliphatic heterocycles. The SMILES string of the molecule is CCCCC/C=C\C/C=C\C/C=C\C/C=C\CCCC(=O)NCCCCCNC(=O)CCCC[C@@H]1SC[C@@H]2NC(=O)N[C@@H]21. The molecule has 2 saturated heterocycles. The number of urea groups is 1. The van der Waals surface area contributed by atoms with Gasteiger partial charge in [0.25, 0.3) is 0 Å². The molecule has 0 radical (unpaired) electrons. The Labute approximate surface area is 265 Å². The van der Waals surface area contributed by atoms with Gasteiger partial charge in [-0.1, -0.05) is 74.8 Å². The molecular weight excluding hydrogens is 556 g/mol. The molecule has 0 bridgehead atoms. The van der Waals surface area contributed by atoms with Crippen LogP contribution in [0, 0.1) is 0 Å². The normalized spacial score (nSPS) is 19.9. The average Bonchev–Trinajstić information content (AvgIpc) is 3.55. The first-order valence-corrected chi connectivity index (χ1v) is 18.0. The molecule has 2 fully saturated rings. The van der Waals surface area contributed by atoms with Crippen molar-refractivity contribution in [3.05, 3.63) is 48.6 Å². The van der Waals surface area contributed by atoms with E-state index in [1.807, 2.05) is 11.8 Å². The highest BCUT2D eigenvalue weighted by molar-refractivity contribution is 8.00. The van der Waals surface area contributed by atoms with Crippen LogP contribution in [-0.4, -0.2) is 54.0 Å². The predicted octanol–water partition coefficient (Wildman–Crippen LogP) is 7.26. The van der Waals surface area contributed by atoms with Gasteiger partial charge in [-0.2, -0.15) is 11.8 Å². The van der Waals surface area contributed by atoms with E-state index in [2.05, 4.69) is 76.8 Å². The molecule has 0 aliphatic carbocycles. The van der Waals surface area contributed by atoms with Crippen LogP contribution < -0.4 is 21.3 Å². The Hall–Kier alpha value is -2.48. The van der Waals surface area contributed by atoms with Gasteiger partial charge in [-0.15, -0.1) is 0 Å². The summed E-state index contributed by atoms with van der Waals surface area (Å²) >= 11 is 1.92. The molecule has 4 N–H and O–H groups in total. The molecule has 8 heteroatoms. The predicted molar refractivity (Wildman–Crippen MR) is 182 cm³/mol. The number of carbonyl (C=O) groups excluding carboxylic acids is 3. The van der Waals surface area contributed by atoms with Crippen LogP contribution in [0.25, 0.3) is 0 Å². The number of rotatable bonds is 25. The molecule has 0 spiro atoms. The minimum absolute atomic E-state index is 0.0453. The van der Waals surface area contributed by atoms with Gasteiger partial charge in [-0.3, -0.25) is 9.59 Å². The summed E-state index contributed by atoms with van der Waals surface area (Å²) in [5.41, 5.74) is 0. The highest BCUT2D eigenvalue weighted by atomic mass is 32.2. The lowest BCUT2D eigenvalue weighted by Gasteiger charge is -2.16. The molecule has 4 amide bonds. The average molecular weight is 615 g/mol. The van der Waals surface area contributed by atoms with Crippen molar-refractivity contribution in [3.63, 3.8) is 0 Å². The monoisotopic (exact) mass is 614 g/mol. The van der Waals surface area contributed by atoms with Crippen LogP contribution in [0.2, 0.25) is 0 Å². The fraction of sp³-hybridized carbons (Fsp3) is 0.686. The summed E-state index contributed by atoms with van der Waals surface area (Å²) in [4.78, 5) is 35.6. The third-order valence-electron chi connectivity index (χ3n) is 7.81. The van der Waals surface area contributed by atoms with Gasteiger partial charge in [0.15, 0.2) is 0 Å². The van der Waals surface area contributed by atoms with Crippen molar-refractivity contribution in [2.45, 2.75) is 133 Å². The number of hydrogen-bond acceptors (Lipinski definition) is 4. The molecule has 0 aromatic heterocycles. The van der Waals surface area contributed by atoms with Gasteiger partial charge in [0.1, 0.15) is 0 Å². The maximum atomic E-state index is 12.1. The van der Waals surface area contributed by atoms with Crippen molar-refractivity contribution in [2.24, 2.45) is 0 Å². The van der Waals surface area contributed by atoms with Gasteiger partial charge in [-0.25, -0.2) is 4.79 Å². The number of thioether (sulfide) groups is 1. The van der Waals surface area contributed by atoms with Crippen LogP contribution in [0.15, 0.2) is 48.6 Å². The van der Waals surface area contributed by atoms with Crippen molar-refractivity contribution in [2.75, 3.05) is 18.8 Å². The van der Waals surface area contributed by atoms with Gasteiger partial charge >= 0.3 is 6.03 Å². The summed E-state index contributed by atoms with van der Waals surface area (Å²) in [6.07, 6.45) is 34.6. The maximum absolute atomic E-state index is 12.1. The Morgan fingerprint density at radius 2 is 1.30 bits per heavy atom. The van der Waals surface area contributed by atoms with Crippen LogP contribution in [0.4, 0.5) is 4.79 Å². The number of amides is 4. The van der Waals surface area contributed by atoms with Crippen LogP contribution in [0.5, 0.6) is 0 Å². The minimum atomic E-state index is -0.0453. The Bertz CT molecular complexity index is 902. The molecule has 0 unspecified atom stereocenters. The second-order valence-electron chi connectivity index (χ2n) is 11.6. The molecule has 0 aromatic rings. The largest absolute Gasteiger partial charge is 0.356 e. The van der Waals surface area contributed by atoms with Crippen LogP contribution >= 0.6 is 11.8 Å². The Morgan fingerprint density at radius 1 is 0.721 bits per heavy atom. The minimum Gasteiger partial charge on any atom is -0.356 e. The summed E-state index contributed by atoms with van der Waals surface area (Å²) in [5, 5.41) is 12.5. The molecule has 2 aliphatic rings. The third kappa shape index (κ3) is 18.7. The first kappa shape index (κ1) is 36.7. The zero-order valence-corrected chi connectivity index (χ0v) is 27.4. The zero-order chi connectivity index (χ0) is 30.8. The van der Waals surface area contributed by atoms with E-state index < -0.39 is 0 Å². The van der Waals surface area contributed by atoms with Crippen molar-refractivity contribution < 1.29 is 14.4 Å². The summed E-state index contributed by atoms with van der Waals surface area (Å²) < 4.78 is 0. The van der Waals surface area contributed by atoms with Crippen LogP contribution in [-0.2, 0) is 9.59 Å². The quantitative estimate of drug-likeness (QED) is 0.0494. The fourth-order valence-electron chi connectivity index (χ4n) is 5.27. The molecule has 3 atom stereocenters. The standard InChI is InChI=1S/C35H58N4O3S/c1-2-3-4-5-6-7-8-9-10-11-12-13-14-15-16-17-19-25-32(40)36-27-22-18-23-28-37-33(41)26-21-20-24-31-34-30(29-43-31)38-35(42)39-34/h6-7,9-10,12-13,15-16,30-31,34H,2-5,8,11,14,17-29H2,1H3,(H,36,40)(H,37,41)(H2,38,39,42)/b7-6-,10-9-,13-12-,16-15-/t30-,31-,34-/m0/s1. The van der Waals surface area contributed by atoms with Gasteiger partial charge < -0.3 is 21.3 Å². The second kappa shape index (κ2) is 24.9. The van der Waals surface area contributed by atoms with Crippen molar-refractivity contribution in [3.8, 4) is 0 Å². The Balaban J connectivity index is 1.30. The summed E-state index contributed by atoms with van der Waals surface area (Å²) in [6.45, 7) is 3.64. The first-order chi connectivity index (χ1) is 21.1. The van der Waals surface area contributed by atoms with E-state index in [9.17, 15) is 14.4 Å². The molecule has 7 nitrogen and oxygen atoms in total. The molecule has 0 aromatic carbocycles. The highest BCUT2D eigenvalue weighted by Gasteiger charge is 2.42. The number of allylic oxidation sites excluding steroid dienone is 8. The molecule has 242 valence electrons. The number of hydrogen-bond donors (Lipinski definition) is 4. The van der Waals surface area contributed by atoms with Gasteiger partial charge in [0.05, 0.1) is 12.1 Å². The fourth-order valence-corrected chi connectivity index (χ4v) is 6.82. The highest BCUT2D eigenvalue weighted by Crippen LogP contribution is 2.33. The van der Waals surface area contributed by atoms with Crippen molar-refractivity contribution in [1.82, 2.24) is 21.3 Å². The lowest BCUT2D eigenvalue weighted by atomic mass is 10.0. The van der Waals surface area contributed by atoms with Gasteiger partial charge in [-0.05, 0) is 77.0 Å². The third-order valence-corrected chi connectivity index (χ3v) is 9.32. The first-order valence-electron chi connectivity index (χ1n) is 16.9. The topological polar surface area (TPSA) is 99.3 Å². The molecule has 2 heterocycles. The summed E-state index contributed by atoms with van der Waals surface area (Å²) in [6, 6.07) is 0.461. The van der Waals surface area contributed by atoms with Gasteiger partial charge in [0, 0.05) is 36.9 Å². The zero-order valence-electron chi connectivity index (χ0n) is 26.6. The number of nitrogens with one attached hydrogen (secondary N) is 4. The molecule has 0 saturated carbocycles. The van der Waals surface area contributed by atoms with E-state index in [-0.39, 0.29) is 29.9 Å². The van der Waals surface area contributed by atoms with Gasteiger partial charge in [0.2, 0.25) is 11.8 Å². The Morgan fingerprint density at radius 3 is 1.93 bits per heavy atom.